The number of carbonyl (C=O) groups excluding carboxylic acids is 3. The minimum absolute atomic E-state index is 0.0817. The number of Topliss-reactive ketones (excluding diaryl/α,β-unsaturated/α-hetero) is 2. The second kappa shape index (κ2) is 9.29. The fraction of sp³-hybridized carbons (Fsp3) is 0.333. The molecule has 2 aromatic rings. The maximum atomic E-state index is 13.0. The molecule has 7 heteroatoms. The summed E-state index contributed by atoms with van der Waals surface area (Å²) in [5.74, 6) is -1.82. The van der Waals surface area contributed by atoms with Crippen LogP contribution in [0.1, 0.15) is 57.1 Å². The van der Waals surface area contributed by atoms with Crippen LogP contribution in [0, 0.1) is 26.7 Å². The largest absolute Gasteiger partial charge is 0.351 e. The van der Waals surface area contributed by atoms with E-state index in [4.69, 9.17) is 0 Å². The van der Waals surface area contributed by atoms with Gasteiger partial charge in [-0.05, 0) is 55.5 Å². The van der Waals surface area contributed by atoms with E-state index in [1.807, 2.05) is 32.9 Å². The molecule has 1 fully saturated rings. The van der Waals surface area contributed by atoms with E-state index in [-0.39, 0.29) is 35.8 Å². The Labute approximate surface area is 179 Å². The molecule has 1 heterocycles. The Morgan fingerprint density at radius 3 is 2.42 bits per heavy atom. The van der Waals surface area contributed by atoms with Crippen LogP contribution in [0.3, 0.4) is 0 Å². The summed E-state index contributed by atoms with van der Waals surface area (Å²) in [6, 6.07) is 6.68. The number of pyridine rings is 1. The Bertz CT molecular complexity index is 1030. The van der Waals surface area contributed by atoms with Crippen LogP contribution >= 0.6 is 0 Å². The Hall–Kier alpha value is -3.22. The van der Waals surface area contributed by atoms with E-state index in [2.05, 4.69) is 10.3 Å². The van der Waals surface area contributed by atoms with Gasteiger partial charge in [-0.2, -0.15) is 8.78 Å². The van der Waals surface area contributed by atoms with Gasteiger partial charge in [0.2, 0.25) is 0 Å². The van der Waals surface area contributed by atoms with Crippen molar-refractivity contribution in [3.05, 3.63) is 70.1 Å². The number of rotatable bonds is 6. The van der Waals surface area contributed by atoms with E-state index >= 15 is 0 Å². The van der Waals surface area contributed by atoms with Gasteiger partial charge in [-0.25, -0.2) is 0 Å². The zero-order valence-corrected chi connectivity index (χ0v) is 17.7. The molecule has 0 radical (unpaired) electrons. The number of amides is 1. The average Bonchev–Trinajstić information content (AvgIpc) is 2.95. The lowest BCUT2D eigenvalue weighted by Crippen LogP contribution is -2.28. The van der Waals surface area contributed by atoms with Gasteiger partial charge in [0.05, 0.1) is 0 Å². The zero-order valence-electron chi connectivity index (χ0n) is 17.7. The summed E-state index contributed by atoms with van der Waals surface area (Å²) in [4.78, 5) is 41.7. The van der Waals surface area contributed by atoms with Gasteiger partial charge in [-0.1, -0.05) is 23.8 Å². The van der Waals surface area contributed by atoms with Crippen molar-refractivity contribution < 1.29 is 23.2 Å². The number of halogens is 2. The highest BCUT2D eigenvalue weighted by molar-refractivity contribution is 6.15. The predicted molar refractivity (Wildman–Crippen MR) is 113 cm³/mol. The van der Waals surface area contributed by atoms with Crippen LogP contribution < -0.4 is 5.32 Å². The Morgan fingerprint density at radius 2 is 1.84 bits per heavy atom. The molecular weight excluding hydrogens is 402 g/mol. The molecule has 0 aliphatic heterocycles. The van der Waals surface area contributed by atoms with E-state index in [9.17, 15) is 23.2 Å². The van der Waals surface area contributed by atoms with Crippen molar-refractivity contribution in [1.29, 1.82) is 0 Å². The van der Waals surface area contributed by atoms with Gasteiger partial charge in [0.1, 0.15) is 17.4 Å². The zero-order chi connectivity index (χ0) is 22.7. The van der Waals surface area contributed by atoms with E-state index in [1.54, 1.807) is 0 Å². The van der Waals surface area contributed by atoms with Gasteiger partial charge in [0.15, 0.2) is 5.78 Å². The van der Waals surface area contributed by atoms with Gasteiger partial charge in [0, 0.05) is 31.2 Å². The Morgan fingerprint density at radius 1 is 1.16 bits per heavy atom. The molecule has 1 aliphatic rings. The van der Waals surface area contributed by atoms with Crippen molar-refractivity contribution in [3.63, 3.8) is 0 Å². The molecule has 1 amide bonds. The van der Waals surface area contributed by atoms with E-state index < -0.39 is 23.8 Å². The number of aryl methyl sites for hydroxylation is 3. The minimum atomic E-state index is -1.84. The molecule has 31 heavy (non-hydrogen) atoms. The number of nitrogens with zero attached hydrogens (tertiary/aromatic N) is 1. The highest BCUT2D eigenvalue weighted by Crippen LogP contribution is 2.37. The summed E-state index contributed by atoms with van der Waals surface area (Å²) in [5, 5.41) is 2.68. The fourth-order valence-corrected chi connectivity index (χ4v) is 4.25. The molecular formula is C24H24F2N2O3. The number of nitrogens with one attached hydrogen (secondary N) is 1. The smallest absolute Gasteiger partial charge is 0.270 e. The number of hydrogen-bond donors (Lipinski definition) is 1. The lowest BCUT2D eigenvalue weighted by atomic mass is 9.86. The highest BCUT2D eigenvalue weighted by atomic mass is 19.3. The van der Waals surface area contributed by atoms with Gasteiger partial charge in [0.25, 0.3) is 12.0 Å². The van der Waals surface area contributed by atoms with Crippen molar-refractivity contribution in [2.75, 3.05) is 6.54 Å². The van der Waals surface area contributed by atoms with Crippen molar-refractivity contribution in [1.82, 2.24) is 10.3 Å². The van der Waals surface area contributed by atoms with Crippen LogP contribution in [0.25, 0.3) is 6.08 Å². The lowest BCUT2D eigenvalue weighted by Gasteiger charge is -2.16. The summed E-state index contributed by atoms with van der Waals surface area (Å²) in [6.45, 7) is 6.02. The summed E-state index contributed by atoms with van der Waals surface area (Å²) in [5.41, 5.74) is 4.05. The Balaban J connectivity index is 1.61. The molecule has 1 saturated carbocycles. The Kier molecular flexibility index (Phi) is 6.73. The summed E-state index contributed by atoms with van der Waals surface area (Å²) in [6.07, 6.45) is 0.518. The third-order valence-electron chi connectivity index (χ3n) is 5.56. The minimum Gasteiger partial charge on any atom is -0.351 e. The molecule has 1 aromatic carbocycles. The third kappa shape index (κ3) is 5.10. The first-order valence-electron chi connectivity index (χ1n) is 10.1. The van der Waals surface area contributed by atoms with Crippen molar-refractivity contribution in [2.24, 2.45) is 5.92 Å². The maximum Gasteiger partial charge on any atom is 0.270 e. The topological polar surface area (TPSA) is 76.1 Å². The van der Waals surface area contributed by atoms with Crippen molar-refractivity contribution in [3.8, 4) is 0 Å². The molecule has 1 aromatic heterocycles. The van der Waals surface area contributed by atoms with Crippen LogP contribution in [-0.4, -0.2) is 29.0 Å². The first-order valence-corrected chi connectivity index (χ1v) is 10.1. The van der Waals surface area contributed by atoms with E-state index in [1.165, 1.54) is 18.3 Å². The van der Waals surface area contributed by atoms with Gasteiger partial charge >= 0.3 is 0 Å². The van der Waals surface area contributed by atoms with Crippen LogP contribution in [0.4, 0.5) is 8.78 Å². The van der Waals surface area contributed by atoms with Gasteiger partial charge in [-0.3, -0.25) is 19.4 Å². The number of benzene rings is 1. The number of aromatic nitrogens is 1. The van der Waals surface area contributed by atoms with Gasteiger partial charge in [-0.15, -0.1) is 0 Å². The maximum absolute atomic E-state index is 13.0. The number of hydrogen-bond acceptors (Lipinski definition) is 4. The van der Waals surface area contributed by atoms with Crippen LogP contribution in [0.2, 0.25) is 0 Å². The number of carbonyl (C=O) groups is 3. The quantitative estimate of drug-likeness (QED) is 0.699. The second-order valence-corrected chi connectivity index (χ2v) is 7.97. The molecule has 0 saturated heterocycles. The average molecular weight is 426 g/mol. The van der Waals surface area contributed by atoms with Gasteiger partial charge < -0.3 is 5.32 Å². The molecule has 0 bridgehead atoms. The van der Waals surface area contributed by atoms with Crippen molar-refractivity contribution >= 4 is 23.5 Å². The first-order chi connectivity index (χ1) is 14.7. The normalized spacial score (nSPS) is 18.2. The standard InChI is InChI=1S/C24H24F2N2O3/c1-13-8-14(2)21(15(3)9-13)22-19(29)11-17(23(22)30)6-7-27-24(31)18-5-4-16(12-28-18)10-20(25)26/h4-5,8-10,12,17,22H,6-7,11H2,1-3H3,(H,27,31). The molecule has 162 valence electrons. The van der Waals surface area contributed by atoms with Crippen LogP contribution in [0.15, 0.2) is 36.5 Å². The molecule has 1 N–H and O–H groups in total. The predicted octanol–water partition coefficient (Wildman–Crippen LogP) is 4.31. The van der Waals surface area contributed by atoms with Crippen LogP contribution in [0.5, 0.6) is 0 Å². The molecule has 2 unspecified atom stereocenters. The third-order valence-corrected chi connectivity index (χ3v) is 5.56. The monoisotopic (exact) mass is 426 g/mol. The van der Waals surface area contributed by atoms with Crippen LogP contribution in [-0.2, 0) is 9.59 Å². The van der Waals surface area contributed by atoms with E-state index in [0.717, 1.165) is 22.3 Å². The second-order valence-electron chi connectivity index (χ2n) is 7.97. The summed E-state index contributed by atoms with van der Waals surface area (Å²) < 4.78 is 24.5. The summed E-state index contributed by atoms with van der Waals surface area (Å²) in [7, 11) is 0. The molecule has 3 rings (SSSR count). The SMILES string of the molecule is Cc1cc(C)c(C2C(=O)CC(CCNC(=O)c3ccc(C=C(F)F)cn3)C2=O)c(C)c1. The molecule has 0 spiro atoms. The van der Waals surface area contributed by atoms with Crippen molar-refractivity contribution in [2.45, 2.75) is 39.5 Å². The molecule has 2 atom stereocenters. The highest BCUT2D eigenvalue weighted by Gasteiger charge is 2.42. The number of ketones is 2. The lowest BCUT2D eigenvalue weighted by molar-refractivity contribution is -0.124. The van der Waals surface area contributed by atoms with E-state index in [0.29, 0.717) is 12.5 Å². The molecule has 5 nitrogen and oxygen atoms in total. The molecule has 1 aliphatic carbocycles. The first kappa shape index (κ1) is 22.5. The fourth-order valence-electron chi connectivity index (χ4n) is 4.25. The summed E-state index contributed by atoms with van der Waals surface area (Å²) >= 11 is 0.